The zero-order valence-corrected chi connectivity index (χ0v) is 19.8. The third-order valence-electron chi connectivity index (χ3n) is 6.13. The van der Waals surface area contributed by atoms with Crippen LogP contribution in [-0.2, 0) is 7.05 Å². The van der Waals surface area contributed by atoms with Gasteiger partial charge in [0.05, 0.1) is 18.8 Å². The zero-order valence-electron chi connectivity index (χ0n) is 17.4. The number of hydrogen-bond donors (Lipinski definition) is 1. The Bertz CT molecular complexity index is 605. The van der Waals surface area contributed by atoms with E-state index in [1.807, 2.05) is 17.9 Å². The van der Waals surface area contributed by atoms with Crippen molar-refractivity contribution in [2.75, 3.05) is 40.3 Å². The van der Waals surface area contributed by atoms with E-state index in [1.54, 1.807) is 0 Å². The van der Waals surface area contributed by atoms with Gasteiger partial charge in [0.2, 0.25) is 0 Å². The summed E-state index contributed by atoms with van der Waals surface area (Å²) in [6.07, 6.45) is 12.4. The van der Waals surface area contributed by atoms with Crippen molar-refractivity contribution in [2.45, 2.75) is 51.5 Å². The molecule has 2 fully saturated rings. The molecule has 1 spiro atoms. The van der Waals surface area contributed by atoms with Crippen LogP contribution in [0.4, 0.5) is 0 Å². The number of likely N-dealkylation sites (tertiary alicyclic amines) is 1. The molecule has 3 rings (SSSR count). The van der Waals surface area contributed by atoms with Gasteiger partial charge in [-0.3, -0.25) is 9.67 Å². The number of likely N-dealkylation sites (N-methyl/N-ethyl adjacent to an activating group) is 1. The monoisotopic (exact) mass is 488 g/mol. The zero-order chi connectivity index (χ0) is 18.6. The highest BCUT2D eigenvalue weighted by molar-refractivity contribution is 14.0. The van der Waals surface area contributed by atoms with Gasteiger partial charge in [0.1, 0.15) is 0 Å². The molecular formula is C20H37IN6. The van der Waals surface area contributed by atoms with E-state index in [4.69, 9.17) is 4.99 Å². The summed E-state index contributed by atoms with van der Waals surface area (Å²) >= 11 is 0. The van der Waals surface area contributed by atoms with Gasteiger partial charge in [-0.1, -0.05) is 19.3 Å². The molecule has 1 aromatic rings. The second-order valence-electron chi connectivity index (χ2n) is 8.35. The molecule has 7 heteroatoms. The molecule has 2 aliphatic rings. The number of hydrogen-bond acceptors (Lipinski definition) is 3. The third kappa shape index (κ3) is 5.59. The molecule has 0 radical (unpaired) electrons. The number of aryl methyl sites for hydroxylation is 1. The van der Waals surface area contributed by atoms with Crippen LogP contribution in [0.25, 0.3) is 0 Å². The van der Waals surface area contributed by atoms with E-state index in [2.05, 4.69) is 47.4 Å². The summed E-state index contributed by atoms with van der Waals surface area (Å²) in [7, 11) is 6.21. The quantitative estimate of drug-likeness (QED) is 0.393. The minimum atomic E-state index is 0. The third-order valence-corrected chi connectivity index (χ3v) is 6.13. The van der Waals surface area contributed by atoms with E-state index in [1.165, 1.54) is 50.6 Å². The smallest absolute Gasteiger partial charge is 0.194 e. The number of guanidine groups is 1. The lowest BCUT2D eigenvalue weighted by molar-refractivity contribution is 0.203. The number of aromatic nitrogens is 2. The van der Waals surface area contributed by atoms with E-state index < -0.39 is 0 Å². The normalized spacial score (nSPS) is 20.8. The molecule has 1 atom stereocenters. The molecule has 1 aliphatic carbocycles. The topological polar surface area (TPSA) is 48.7 Å². The fourth-order valence-electron chi connectivity index (χ4n) is 4.60. The average molecular weight is 488 g/mol. The first-order valence-electron chi connectivity index (χ1n) is 10.2. The van der Waals surface area contributed by atoms with Crippen LogP contribution in [0.1, 0.15) is 57.1 Å². The molecule has 6 nitrogen and oxygen atoms in total. The molecule has 1 aromatic heterocycles. The van der Waals surface area contributed by atoms with Crippen LogP contribution in [0.15, 0.2) is 17.4 Å². The van der Waals surface area contributed by atoms with Crippen LogP contribution in [0, 0.1) is 5.41 Å². The first kappa shape index (κ1) is 22.5. The van der Waals surface area contributed by atoms with Gasteiger partial charge in [0, 0.05) is 38.4 Å². The summed E-state index contributed by atoms with van der Waals surface area (Å²) in [4.78, 5) is 9.77. The Labute approximate surface area is 181 Å². The number of rotatable bonds is 5. The average Bonchev–Trinajstić information content (AvgIpc) is 3.22. The van der Waals surface area contributed by atoms with Gasteiger partial charge in [-0.2, -0.15) is 5.10 Å². The van der Waals surface area contributed by atoms with Crippen LogP contribution in [-0.4, -0.2) is 65.8 Å². The highest BCUT2D eigenvalue weighted by Gasteiger charge is 2.39. The molecule has 1 saturated heterocycles. The molecular weight excluding hydrogens is 451 g/mol. The SMILES string of the molecule is CCNC(=NCC(c1cnn(C)c1)N(C)C)N1CCC2(CCCCC2)C1.I. The van der Waals surface area contributed by atoms with Gasteiger partial charge in [0.15, 0.2) is 5.96 Å². The lowest BCUT2D eigenvalue weighted by Gasteiger charge is -2.33. The molecule has 1 unspecified atom stereocenters. The van der Waals surface area contributed by atoms with E-state index in [0.29, 0.717) is 5.41 Å². The minimum Gasteiger partial charge on any atom is -0.357 e. The van der Waals surface area contributed by atoms with Crippen molar-refractivity contribution in [2.24, 2.45) is 17.5 Å². The number of aliphatic imine (C=N–C) groups is 1. The Balaban J connectivity index is 0.00000261. The van der Waals surface area contributed by atoms with Gasteiger partial charge in [-0.25, -0.2) is 0 Å². The van der Waals surface area contributed by atoms with Crippen molar-refractivity contribution in [3.63, 3.8) is 0 Å². The Kier molecular flexibility index (Phi) is 8.39. The van der Waals surface area contributed by atoms with Crippen molar-refractivity contribution < 1.29 is 0 Å². The van der Waals surface area contributed by atoms with Gasteiger partial charge in [-0.15, -0.1) is 24.0 Å². The second-order valence-corrected chi connectivity index (χ2v) is 8.35. The highest BCUT2D eigenvalue weighted by Crippen LogP contribution is 2.43. The first-order valence-corrected chi connectivity index (χ1v) is 10.2. The van der Waals surface area contributed by atoms with Crippen LogP contribution in [0.3, 0.4) is 0 Å². The molecule has 0 amide bonds. The van der Waals surface area contributed by atoms with E-state index in [0.717, 1.165) is 25.6 Å². The molecule has 1 aliphatic heterocycles. The predicted molar refractivity (Wildman–Crippen MR) is 123 cm³/mol. The summed E-state index contributed by atoms with van der Waals surface area (Å²) in [5.41, 5.74) is 1.78. The molecule has 27 heavy (non-hydrogen) atoms. The standard InChI is InChI=1S/C20H36N6.HI/c1-5-21-19(26-12-11-20(16-26)9-7-6-8-10-20)22-14-18(24(2)3)17-13-23-25(4)15-17;/h13,15,18H,5-12,14,16H2,1-4H3,(H,21,22);1H. The summed E-state index contributed by atoms with van der Waals surface area (Å²) in [6, 6.07) is 0.253. The summed E-state index contributed by atoms with van der Waals surface area (Å²) < 4.78 is 1.87. The van der Waals surface area contributed by atoms with Crippen LogP contribution in [0.2, 0.25) is 0 Å². The van der Waals surface area contributed by atoms with Crippen molar-refractivity contribution >= 4 is 29.9 Å². The summed E-state index contributed by atoms with van der Waals surface area (Å²) in [5, 5.41) is 7.87. The highest BCUT2D eigenvalue weighted by atomic mass is 127. The van der Waals surface area contributed by atoms with Crippen LogP contribution >= 0.6 is 24.0 Å². The number of nitrogens with zero attached hydrogens (tertiary/aromatic N) is 5. The lowest BCUT2D eigenvalue weighted by Crippen LogP contribution is -2.42. The Hall–Kier alpha value is -0.830. The van der Waals surface area contributed by atoms with Crippen LogP contribution < -0.4 is 5.32 Å². The van der Waals surface area contributed by atoms with Crippen molar-refractivity contribution in [3.05, 3.63) is 18.0 Å². The predicted octanol–water partition coefficient (Wildman–Crippen LogP) is 3.26. The Morgan fingerprint density at radius 3 is 2.63 bits per heavy atom. The Morgan fingerprint density at radius 1 is 1.30 bits per heavy atom. The second kappa shape index (κ2) is 10.1. The molecule has 1 saturated carbocycles. The number of nitrogens with one attached hydrogen (secondary N) is 1. The van der Waals surface area contributed by atoms with Gasteiger partial charge in [0.25, 0.3) is 0 Å². The number of halogens is 1. The van der Waals surface area contributed by atoms with E-state index >= 15 is 0 Å². The maximum atomic E-state index is 5.03. The van der Waals surface area contributed by atoms with Crippen LogP contribution in [0.5, 0.6) is 0 Å². The maximum Gasteiger partial charge on any atom is 0.194 e. The van der Waals surface area contributed by atoms with E-state index in [-0.39, 0.29) is 30.0 Å². The van der Waals surface area contributed by atoms with Crippen molar-refractivity contribution in [1.82, 2.24) is 24.9 Å². The van der Waals surface area contributed by atoms with E-state index in [9.17, 15) is 0 Å². The fraction of sp³-hybridized carbons (Fsp3) is 0.800. The minimum absolute atomic E-state index is 0. The van der Waals surface area contributed by atoms with Crippen molar-refractivity contribution in [1.29, 1.82) is 0 Å². The molecule has 0 aromatic carbocycles. The fourth-order valence-corrected chi connectivity index (χ4v) is 4.60. The largest absolute Gasteiger partial charge is 0.357 e. The lowest BCUT2D eigenvalue weighted by atomic mass is 9.73. The molecule has 154 valence electrons. The van der Waals surface area contributed by atoms with Gasteiger partial charge >= 0.3 is 0 Å². The molecule has 0 bridgehead atoms. The first-order chi connectivity index (χ1) is 12.5. The Morgan fingerprint density at radius 2 is 2.04 bits per heavy atom. The van der Waals surface area contributed by atoms with Gasteiger partial charge in [-0.05, 0) is 45.7 Å². The summed E-state index contributed by atoms with van der Waals surface area (Å²) in [5.74, 6) is 1.09. The molecule has 1 N–H and O–H groups in total. The van der Waals surface area contributed by atoms with Crippen molar-refractivity contribution in [3.8, 4) is 0 Å². The van der Waals surface area contributed by atoms with Gasteiger partial charge < -0.3 is 15.1 Å². The molecule has 2 heterocycles. The summed E-state index contributed by atoms with van der Waals surface area (Å²) in [6.45, 7) is 6.16. The maximum absolute atomic E-state index is 5.03.